The fourth-order valence-corrected chi connectivity index (χ4v) is 6.64. The van der Waals surface area contributed by atoms with Crippen molar-refractivity contribution in [1.82, 2.24) is 15.5 Å². The first-order valence-electron chi connectivity index (χ1n) is 19.2. The van der Waals surface area contributed by atoms with E-state index in [0.717, 1.165) is 83.9 Å². The highest BCUT2D eigenvalue weighted by Gasteiger charge is 2.22. The van der Waals surface area contributed by atoms with E-state index in [9.17, 15) is 5.11 Å². The van der Waals surface area contributed by atoms with Crippen LogP contribution in [0.3, 0.4) is 0 Å². The highest BCUT2D eigenvalue weighted by Crippen LogP contribution is 2.42. The largest absolute Gasteiger partial charge is 0.507 e. The number of aromatic hydroxyl groups is 1. The van der Waals surface area contributed by atoms with E-state index >= 15 is 0 Å². The van der Waals surface area contributed by atoms with Gasteiger partial charge in [-0.3, -0.25) is 15.5 Å². The van der Waals surface area contributed by atoms with Gasteiger partial charge in [0.2, 0.25) is 0 Å². The van der Waals surface area contributed by atoms with Crippen molar-refractivity contribution in [1.29, 1.82) is 0 Å². The van der Waals surface area contributed by atoms with Crippen LogP contribution < -0.4 is 20.1 Å². The van der Waals surface area contributed by atoms with Crippen LogP contribution in [0, 0.1) is 104 Å². The molecule has 10 heteroatoms. The summed E-state index contributed by atoms with van der Waals surface area (Å²) in [6.45, 7) is 31.9. The Hall–Kier alpha value is -4.48. The Morgan fingerprint density at radius 1 is 0.464 bits per heavy atom. The molecular formula is C46H67N3O7. The minimum atomic E-state index is 0.0694. The van der Waals surface area contributed by atoms with Gasteiger partial charge in [0.15, 0.2) is 0 Å². The number of hydrogen-bond donors (Lipinski definition) is 4. The number of nitrogens with zero attached hydrogens (tertiary/aromatic N) is 1. The number of rotatable bonds is 7. The normalized spacial score (nSPS) is 11.1. The molecule has 4 N–H and O–H groups in total. The summed E-state index contributed by atoms with van der Waals surface area (Å²) in [6, 6.07) is 0. The number of hydrogen-bond acceptors (Lipinski definition) is 10. The maximum atomic E-state index is 10.1. The molecule has 3 heterocycles. The van der Waals surface area contributed by atoms with Crippen LogP contribution >= 0.6 is 0 Å². The zero-order chi connectivity index (χ0) is 42.5. The van der Waals surface area contributed by atoms with Crippen molar-refractivity contribution in [3.63, 3.8) is 0 Å². The SMILES string of the molecule is CNCO.CNCOc1c(C)c(C)c(C)c2oc(C)c(C)c12.Cc1oc2c(C)c(C)c(C)c(O)c2c1C.Cc1oc2c(C)c(C)c(C)c(OCN(C)C)c2c1C. The Morgan fingerprint density at radius 3 is 1.16 bits per heavy atom. The average molecular weight is 774 g/mol. The molecule has 0 fully saturated rings. The number of furan rings is 3. The van der Waals surface area contributed by atoms with E-state index in [1.54, 1.807) is 7.05 Å². The molecule has 0 bridgehead atoms. The van der Waals surface area contributed by atoms with Crippen LogP contribution in [-0.4, -0.2) is 63.5 Å². The molecule has 0 aliphatic rings. The lowest BCUT2D eigenvalue weighted by molar-refractivity contribution is 0.180. The topological polar surface area (TPSA) is 126 Å². The molecule has 308 valence electrons. The van der Waals surface area contributed by atoms with E-state index < -0.39 is 0 Å². The lowest BCUT2D eigenvalue weighted by Gasteiger charge is -2.17. The molecule has 0 aliphatic carbocycles. The van der Waals surface area contributed by atoms with Gasteiger partial charge in [0.25, 0.3) is 0 Å². The second-order valence-electron chi connectivity index (χ2n) is 15.1. The number of fused-ring (bicyclic) bond motifs is 3. The van der Waals surface area contributed by atoms with Crippen molar-refractivity contribution in [3.05, 3.63) is 84.0 Å². The molecule has 0 unspecified atom stereocenters. The molecular weight excluding hydrogens is 707 g/mol. The van der Waals surface area contributed by atoms with Crippen LogP contribution in [0.15, 0.2) is 13.3 Å². The highest BCUT2D eigenvalue weighted by atomic mass is 16.5. The van der Waals surface area contributed by atoms with Gasteiger partial charge in [-0.15, -0.1) is 0 Å². The predicted octanol–water partition coefficient (Wildman–Crippen LogP) is 10.2. The van der Waals surface area contributed by atoms with Gasteiger partial charge in [-0.25, -0.2) is 0 Å². The van der Waals surface area contributed by atoms with Crippen LogP contribution in [0.2, 0.25) is 0 Å². The lowest BCUT2D eigenvalue weighted by atomic mass is 9.98. The van der Waals surface area contributed by atoms with E-state index in [1.165, 1.54) is 44.5 Å². The second-order valence-corrected chi connectivity index (χ2v) is 15.1. The fraction of sp³-hybridized carbons (Fsp3) is 0.478. The minimum Gasteiger partial charge on any atom is -0.507 e. The monoisotopic (exact) mass is 773 g/mol. The summed E-state index contributed by atoms with van der Waals surface area (Å²) in [7, 11) is 7.56. The van der Waals surface area contributed by atoms with Crippen molar-refractivity contribution in [2.45, 2.75) is 104 Å². The van der Waals surface area contributed by atoms with Gasteiger partial charge in [0.1, 0.15) is 64.7 Å². The lowest BCUT2D eigenvalue weighted by Crippen LogP contribution is -2.19. The van der Waals surface area contributed by atoms with E-state index in [-0.39, 0.29) is 6.73 Å². The predicted molar refractivity (Wildman–Crippen MR) is 231 cm³/mol. The summed E-state index contributed by atoms with van der Waals surface area (Å²) in [5.74, 6) is 5.08. The van der Waals surface area contributed by atoms with Crippen molar-refractivity contribution in [2.24, 2.45) is 0 Å². The average Bonchev–Trinajstić information content (AvgIpc) is 3.76. The third-order valence-electron chi connectivity index (χ3n) is 11.3. The van der Waals surface area contributed by atoms with Crippen molar-refractivity contribution < 1.29 is 32.9 Å². The van der Waals surface area contributed by atoms with E-state index in [2.05, 4.69) is 66.0 Å². The number of aliphatic hydroxyl groups excluding tert-OH is 1. The fourth-order valence-electron chi connectivity index (χ4n) is 6.64. The molecule has 6 rings (SSSR count). The summed E-state index contributed by atoms with van der Waals surface area (Å²) in [6.07, 6.45) is 0. The maximum absolute atomic E-state index is 10.1. The number of phenolic OH excluding ortho intramolecular Hbond substituents is 1. The summed E-state index contributed by atoms with van der Waals surface area (Å²) < 4.78 is 29.4. The van der Waals surface area contributed by atoms with Crippen molar-refractivity contribution in [2.75, 3.05) is 48.4 Å². The van der Waals surface area contributed by atoms with Gasteiger partial charge in [-0.2, -0.15) is 0 Å². The molecule has 0 aliphatic heterocycles. The van der Waals surface area contributed by atoms with Gasteiger partial charge in [0.05, 0.1) is 22.9 Å². The first-order chi connectivity index (χ1) is 26.2. The Kier molecular flexibility index (Phi) is 15.7. The van der Waals surface area contributed by atoms with Gasteiger partial charge in [0, 0.05) is 16.7 Å². The standard InChI is InChI=1S/C16H23NO2.C15H21NO2.C13H16O2.C2H7NO/c1-9-10(2)15(18-8-17(6)7)14-12(4)13(5)19-16(14)11(9)3;1-8-9(2)14(17-7-16-6)13-11(4)12(5)18-15(13)10(8)3;1-6-7(2)12(14)11-9(4)10(5)15-13(11)8(6)3;1-3-2-4/h8H2,1-7H3;16H,7H2,1-6H3;14H,1-5H3;3-4H,2H2,1H3. The van der Waals surface area contributed by atoms with E-state index in [4.69, 9.17) is 27.8 Å². The molecule has 0 spiro atoms. The number of benzene rings is 3. The molecule has 0 saturated carbocycles. The highest BCUT2D eigenvalue weighted by molar-refractivity contribution is 5.94. The van der Waals surface area contributed by atoms with E-state index in [0.29, 0.717) is 19.2 Å². The molecule has 0 amide bonds. The Labute approximate surface area is 334 Å². The summed E-state index contributed by atoms with van der Waals surface area (Å²) in [5, 5.41) is 26.5. The zero-order valence-corrected chi connectivity index (χ0v) is 37.5. The molecule has 0 atom stereocenters. The van der Waals surface area contributed by atoms with Crippen molar-refractivity contribution >= 4 is 32.9 Å². The third-order valence-corrected chi connectivity index (χ3v) is 11.3. The zero-order valence-electron chi connectivity index (χ0n) is 37.5. The molecule has 56 heavy (non-hydrogen) atoms. The molecule has 3 aromatic carbocycles. The van der Waals surface area contributed by atoms with Crippen LogP contribution in [0.25, 0.3) is 32.9 Å². The maximum Gasteiger partial charge on any atom is 0.141 e. The van der Waals surface area contributed by atoms with Crippen LogP contribution in [0.5, 0.6) is 17.2 Å². The number of phenols is 1. The number of aliphatic hydroxyl groups is 1. The molecule has 10 nitrogen and oxygen atoms in total. The first kappa shape index (κ1) is 45.9. The summed E-state index contributed by atoms with van der Waals surface area (Å²) in [4.78, 5) is 2.02. The van der Waals surface area contributed by atoms with Crippen LogP contribution in [-0.2, 0) is 0 Å². The second kappa shape index (κ2) is 19.1. The molecule has 0 saturated heterocycles. The van der Waals surface area contributed by atoms with Crippen LogP contribution in [0.4, 0.5) is 0 Å². The molecule has 0 radical (unpaired) electrons. The van der Waals surface area contributed by atoms with Gasteiger partial charge in [-0.05, 0) is 182 Å². The van der Waals surface area contributed by atoms with Crippen molar-refractivity contribution in [3.8, 4) is 17.2 Å². The van der Waals surface area contributed by atoms with Gasteiger partial charge < -0.3 is 32.9 Å². The smallest absolute Gasteiger partial charge is 0.141 e. The van der Waals surface area contributed by atoms with Gasteiger partial charge in [-0.1, -0.05) is 0 Å². The molecule has 6 aromatic rings. The summed E-state index contributed by atoms with van der Waals surface area (Å²) in [5.41, 5.74) is 16.6. The molecule has 3 aromatic heterocycles. The Balaban J connectivity index is 0.000000216. The quantitative estimate of drug-likeness (QED) is 0.117. The number of ether oxygens (including phenoxy) is 2. The number of aryl methyl sites for hydroxylation is 9. The van der Waals surface area contributed by atoms with E-state index in [1.807, 2.05) is 74.5 Å². The van der Waals surface area contributed by atoms with Crippen LogP contribution in [0.1, 0.15) is 84.0 Å². The first-order valence-corrected chi connectivity index (χ1v) is 19.2. The third kappa shape index (κ3) is 9.05. The Morgan fingerprint density at radius 2 is 0.804 bits per heavy atom. The summed E-state index contributed by atoms with van der Waals surface area (Å²) >= 11 is 0. The van der Waals surface area contributed by atoms with Gasteiger partial charge >= 0.3 is 0 Å². The minimum absolute atomic E-state index is 0.0694. The number of nitrogens with one attached hydrogen (secondary N) is 2. The Bertz CT molecular complexity index is 2320.